The highest BCUT2D eigenvalue weighted by Gasteiger charge is 2.32. The minimum absolute atomic E-state index is 0.249. The Kier molecular flexibility index (Phi) is 5.66. The number of fused-ring (bicyclic) bond motifs is 1. The molecule has 2 rings (SSSR count). The molecule has 0 aromatic heterocycles. The molecule has 1 heterocycles. The van der Waals surface area contributed by atoms with Crippen LogP contribution < -0.4 is 5.32 Å². The van der Waals surface area contributed by atoms with E-state index in [2.05, 4.69) is 10.2 Å². The van der Waals surface area contributed by atoms with Crippen molar-refractivity contribution < 1.29 is 8.42 Å². The zero-order valence-electron chi connectivity index (χ0n) is 12.1. The van der Waals surface area contributed by atoms with Gasteiger partial charge in [0.2, 0.25) is 0 Å². The van der Waals surface area contributed by atoms with Gasteiger partial charge in [0, 0.05) is 31.9 Å². The monoisotopic (exact) mass is 288 g/mol. The van der Waals surface area contributed by atoms with E-state index < -0.39 is 9.84 Å². The van der Waals surface area contributed by atoms with E-state index in [1.807, 2.05) is 0 Å². The van der Waals surface area contributed by atoms with Crippen molar-refractivity contribution in [2.45, 2.75) is 44.6 Å². The van der Waals surface area contributed by atoms with Crippen molar-refractivity contribution in [3.05, 3.63) is 0 Å². The van der Waals surface area contributed by atoms with Gasteiger partial charge in [0.15, 0.2) is 0 Å². The first-order valence-corrected chi connectivity index (χ1v) is 9.75. The molecule has 1 saturated heterocycles. The third kappa shape index (κ3) is 5.04. The maximum absolute atomic E-state index is 11.0. The summed E-state index contributed by atoms with van der Waals surface area (Å²) in [4.78, 5) is 2.64. The van der Waals surface area contributed by atoms with Crippen molar-refractivity contribution in [3.63, 3.8) is 0 Å². The summed E-state index contributed by atoms with van der Waals surface area (Å²) in [5, 5.41) is 3.26. The van der Waals surface area contributed by atoms with Gasteiger partial charge in [-0.25, -0.2) is 8.42 Å². The summed E-state index contributed by atoms with van der Waals surface area (Å²) in [5.74, 6) is 1.18. The lowest BCUT2D eigenvalue weighted by Gasteiger charge is -2.44. The molecule has 0 aromatic carbocycles. The van der Waals surface area contributed by atoms with Crippen LogP contribution in [0.1, 0.15) is 38.5 Å². The fourth-order valence-electron chi connectivity index (χ4n) is 3.61. The second-order valence-corrected chi connectivity index (χ2v) is 8.43. The lowest BCUT2D eigenvalue weighted by atomic mass is 9.78. The third-order valence-corrected chi connectivity index (χ3v) is 5.53. The van der Waals surface area contributed by atoms with Gasteiger partial charge in [0.05, 0.1) is 5.75 Å². The van der Waals surface area contributed by atoms with Crippen LogP contribution in [0.25, 0.3) is 0 Å². The van der Waals surface area contributed by atoms with Gasteiger partial charge in [-0.3, -0.25) is 4.90 Å². The van der Waals surface area contributed by atoms with Crippen LogP contribution in [0.3, 0.4) is 0 Å². The van der Waals surface area contributed by atoms with Crippen LogP contribution in [0.4, 0.5) is 0 Å². The number of nitrogens with zero attached hydrogens (tertiary/aromatic N) is 1. The van der Waals surface area contributed by atoms with Crippen molar-refractivity contribution in [1.29, 1.82) is 0 Å². The molecule has 0 unspecified atom stereocenters. The molecule has 1 aliphatic heterocycles. The van der Waals surface area contributed by atoms with E-state index in [-0.39, 0.29) is 5.75 Å². The van der Waals surface area contributed by atoms with Crippen LogP contribution in [-0.4, -0.2) is 57.5 Å². The quantitative estimate of drug-likeness (QED) is 0.748. The molecule has 2 aliphatic rings. The van der Waals surface area contributed by atoms with E-state index in [9.17, 15) is 8.42 Å². The Morgan fingerprint density at radius 2 is 1.84 bits per heavy atom. The Morgan fingerprint density at radius 3 is 2.63 bits per heavy atom. The van der Waals surface area contributed by atoms with Crippen LogP contribution in [0.15, 0.2) is 0 Å². The summed E-state index contributed by atoms with van der Waals surface area (Å²) in [6.45, 7) is 3.80. The third-order valence-electron chi connectivity index (χ3n) is 4.58. The fraction of sp³-hybridized carbons (Fsp3) is 1.00. The molecule has 2 fully saturated rings. The Bertz CT molecular complexity index is 368. The zero-order chi connectivity index (χ0) is 13.7. The molecule has 2 atom stereocenters. The molecule has 0 amide bonds. The normalized spacial score (nSPS) is 29.1. The largest absolute Gasteiger partial charge is 0.314 e. The molecular weight excluding hydrogens is 260 g/mol. The average molecular weight is 288 g/mol. The molecule has 1 aliphatic carbocycles. The van der Waals surface area contributed by atoms with Crippen molar-refractivity contribution in [1.82, 2.24) is 10.2 Å². The molecule has 19 heavy (non-hydrogen) atoms. The van der Waals surface area contributed by atoms with E-state index in [4.69, 9.17) is 0 Å². The van der Waals surface area contributed by atoms with E-state index >= 15 is 0 Å². The molecule has 1 saturated carbocycles. The SMILES string of the molecule is CS(=O)(=O)CCNCCN1CCC[C@H]2CCCC[C@H]21. The summed E-state index contributed by atoms with van der Waals surface area (Å²) in [6.07, 6.45) is 9.65. The van der Waals surface area contributed by atoms with Gasteiger partial charge in [-0.15, -0.1) is 0 Å². The van der Waals surface area contributed by atoms with E-state index in [1.54, 1.807) is 0 Å². The maximum Gasteiger partial charge on any atom is 0.148 e. The highest BCUT2D eigenvalue weighted by Crippen LogP contribution is 2.34. The Morgan fingerprint density at radius 1 is 1.11 bits per heavy atom. The number of nitrogens with one attached hydrogen (secondary N) is 1. The number of rotatable bonds is 6. The zero-order valence-corrected chi connectivity index (χ0v) is 12.9. The van der Waals surface area contributed by atoms with Crippen LogP contribution in [0.2, 0.25) is 0 Å². The van der Waals surface area contributed by atoms with Gasteiger partial charge < -0.3 is 5.32 Å². The lowest BCUT2D eigenvalue weighted by molar-refractivity contribution is 0.0620. The lowest BCUT2D eigenvalue weighted by Crippen LogP contribution is -2.49. The number of likely N-dealkylation sites (tertiary alicyclic amines) is 1. The van der Waals surface area contributed by atoms with Gasteiger partial charge >= 0.3 is 0 Å². The molecule has 1 N–H and O–H groups in total. The smallest absolute Gasteiger partial charge is 0.148 e. The summed E-state index contributed by atoms with van der Waals surface area (Å²) in [5.41, 5.74) is 0. The van der Waals surface area contributed by atoms with E-state index in [1.165, 1.54) is 51.3 Å². The first-order chi connectivity index (χ1) is 9.06. The number of hydrogen-bond acceptors (Lipinski definition) is 4. The van der Waals surface area contributed by atoms with Crippen LogP contribution >= 0.6 is 0 Å². The van der Waals surface area contributed by atoms with Crippen molar-refractivity contribution in [3.8, 4) is 0 Å². The second kappa shape index (κ2) is 7.04. The molecule has 0 bridgehead atoms. The van der Waals surface area contributed by atoms with Crippen molar-refractivity contribution >= 4 is 9.84 Å². The fourth-order valence-corrected chi connectivity index (χ4v) is 4.13. The summed E-state index contributed by atoms with van der Waals surface area (Å²) < 4.78 is 22.1. The highest BCUT2D eigenvalue weighted by atomic mass is 32.2. The second-order valence-electron chi connectivity index (χ2n) is 6.17. The molecule has 4 nitrogen and oxygen atoms in total. The predicted octanol–water partition coefficient (Wildman–Crippen LogP) is 1.28. The minimum Gasteiger partial charge on any atom is -0.314 e. The van der Waals surface area contributed by atoms with Gasteiger partial charge in [-0.2, -0.15) is 0 Å². The van der Waals surface area contributed by atoms with Crippen molar-refractivity contribution in [2.24, 2.45) is 5.92 Å². The van der Waals surface area contributed by atoms with Gasteiger partial charge in [0.1, 0.15) is 9.84 Å². The standard InChI is InChI=1S/C14H28N2O2S/c1-19(17,18)12-9-15-8-11-16-10-4-6-13-5-2-3-7-14(13)16/h13-15H,2-12H2,1H3/t13-,14-/m1/s1. The Labute approximate surface area is 117 Å². The number of piperidine rings is 1. The van der Waals surface area contributed by atoms with Crippen LogP contribution in [0.5, 0.6) is 0 Å². The first-order valence-electron chi connectivity index (χ1n) is 7.69. The maximum atomic E-state index is 11.0. The molecule has 0 spiro atoms. The number of sulfone groups is 1. The first kappa shape index (κ1) is 15.3. The molecular formula is C14H28N2O2S. The number of hydrogen-bond donors (Lipinski definition) is 1. The minimum atomic E-state index is -2.82. The van der Waals surface area contributed by atoms with E-state index in [0.29, 0.717) is 6.54 Å². The van der Waals surface area contributed by atoms with Gasteiger partial charge in [-0.1, -0.05) is 12.8 Å². The molecule has 5 heteroatoms. The van der Waals surface area contributed by atoms with E-state index in [0.717, 1.165) is 25.0 Å². The van der Waals surface area contributed by atoms with Crippen LogP contribution in [-0.2, 0) is 9.84 Å². The van der Waals surface area contributed by atoms with Crippen molar-refractivity contribution in [2.75, 3.05) is 38.2 Å². The average Bonchev–Trinajstić information content (AvgIpc) is 2.37. The Hall–Kier alpha value is -0.130. The molecule has 112 valence electrons. The van der Waals surface area contributed by atoms with Gasteiger partial charge in [-0.05, 0) is 38.1 Å². The van der Waals surface area contributed by atoms with Gasteiger partial charge in [0.25, 0.3) is 0 Å². The Balaban J connectivity index is 1.67. The molecule has 0 aromatic rings. The summed E-state index contributed by atoms with van der Waals surface area (Å²) >= 11 is 0. The summed E-state index contributed by atoms with van der Waals surface area (Å²) in [7, 11) is -2.82. The van der Waals surface area contributed by atoms with Crippen LogP contribution in [0, 0.1) is 5.92 Å². The molecule has 0 radical (unpaired) electrons. The topological polar surface area (TPSA) is 49.4 Å². The highest BCUT2D eigenvalue weighted by molar-refractivity contribution is 7.90. The predicted molar refractivity (Wildman–Crippen MR) is 79.1 cm³/mol. The summed E-state index contributed by atoms with van der Waals surface area (Å²) in [6, 6.07) is 0.805.